The highest BCUT2D eigenvalue weighted by Crippen LogP contribution is 2.25. The van der Waals surface area contributed by atoms with Crippen LogP contribution in [-0.2, 0) is 16.0 Å². The first kappa shape index (κ1) is 32.0. The van der Waals surface area contributed by atoms with E-state index in [2.05, 4.69) is 5.32 Å². The Hall–Kier alpha value is -4.91. The second kappa shape index (κ2) is 14.5. The molecular weight excluding hydrogens is 552 g/mol. The van der Waals surface area contributed by atoms with Gasteiger partial charge in [0.2, 0.25) is 5.91 Å². The maximum absolute atomic E-state index is 13.2. The lowest BCUT2D eigenvalue weighted by molar-refractivity contribution is -0.137. The minimum Gasteiger partial charge on any atom is -0.494 e. The molecule has 1 atom stereocenters. The van der Waals surface area contributed by atoms with Crippen molar-refractivity contribution in [3.05, 3.63) is 125 Å². The van der Waals surface area contributed by atoms with E-state index in [1.165, 1.54) is 0 Å². The Morgan fingerprint density at radius 1 is 0.864 bits per heavy atom. The number of para-hydroxylation sites is 1. The van der Waals surface area contributed by atoms with Gasteiger partial charge in [0.05, 0.1) is 6.61 Å². The monoisotopic (exact) mass is 592 g/mol. The van der Waals surface area contributed by atoms with E-state index in [1.54, 1.807) is 48.5 Å². The summed E-state index contributed by atoms with van der Waals surface area (Å²) in [4.78, 5) is 40.3. The Bertz CT molecular complexity index is 1580. The zero-order chi connectivity index (χ0) is 31.7. The second-order valence-electron chi connectivity index (χ2n) is 11.9. The minimum absolute atomic E-state index is 0.0566. The van der Waals surface area contributed by atoms with Gasteiger partial charge in [-0.3, -0.25) is 9.59 Å². The summed E-state index contributed by atoms with van der Waals surface area (Å²) in [6.45, 7) is 8.72. The average molecular weight is 593 g/mol. The fourth-order valence-electron chi connectivity index (χ4n) is 4.86. The second-order valence-corrected chi connectivity index (χ2v) is 11.9. The zero-order valence-electron chi connectivity index (χ0n) is 25.7. The predicted molar refractivity (Wildman–Crippen MR) is 175 cm³/mol. The standard InChI is InChI=1S/C37H40N2O5/c1-26-12-10-15-29(24-26)39(36(43)37(2,3)4)22-11-23-44-30-20-18-27(19-21-30)25-33(35(41)42)38-32-17-9-8-16-31(32)34(40)28-13-6-5-7-14-28/h5-10,12-21,24,33,38H,11,22-23,25H2,1-4H3,(H,41,42)/t33-/m0/s1. The number of benzene rings is 4. The largest absolute Gasteiger partial charge is 0.494 e. The van der Waals surface area contributed by atoms with Crippen LogP contribution in [0.5, 0.6) is 5.75 Å². The maximum Gasteiger partial charge on any atom is 0.326 e. The van der Waals surface area contributed by atoms with Crippen molar-refractivity contribution in [3.63, 3.8) is 0 Å². The van der Waals surface area contributed by atoms with Crippen molar-refractivity contribution in [2.24, 2.45) is 5.41 Å². The molecule has 0 radical (unpaired) electrons. The quantitative estimate of drug-likeness (QED) is 0.126. The molecule has 0 aromatic heterocycles. The highest BCUT2D eigenvalue weighted by Gasteiger charge is 2.28. The van der Waals surface area contributed by atoms with Crippen LogP contribution in [0.25, 0.3) is 0 Å². The van der Waals surface area contributed by atoms with E-state index >= 15 is 0 Å². The predicted octanol–water partition coefficient (Wildman–Crippen LogP) is 7.18. The van der Waals surface area contributed by atoms with Gasteiger partial charge in [0.1, 0.15) is 11.8 Å². The van der Waals surface area contributed by atoms with Crippen molar-refractivity contribution < 1.29 is 24.2 Å². The first-order chi connectivity index (χ1) is 21.0. The van der Waals surface area contributed by atoms with E-state index in [-0.39, 0.29) is 18.1 Å². The zero-order valence-corrected chi connectivity index (χ0v) is 25.7. The van der Waals surface area contributed by atoms with Gasteiger partial charge in [-0.25, -0.2) is 4.79 Å². The number of hydrogen-bond acceptors (Lipinski definition) is 5. The van der Waals surface area contributed by atoms with Gasteiger partial charge >= 0.3 is 5.97 Å². The summed E-state index contributed by atoms with van der Waals surface area (Å²) in [5, 5.41) is 13.0. The highest BCUT2D eigenvalue weighted by atomic mass is 16.5. The van der Waals surface area contributed by atoms with Crippen molar-refractivity contribution in [2.45, 2.75) is 46.6 Å². The van der Waals surface area contributed by atoms with Crippen LogP contribution in [0.1, 0.15) is 54.2 Å². The molecule has 0 aliphatic rings. The lowest BCUT2D eigenvalue weighted by Crippen LogP contribution is -2.40. The first-order valence-electron chi connectivity index (χ1n) is 14.8. The molecule has 0 aliphatic carbocycles. The summed E-state index contributed by atoms with van der Waals surface area (Å²) >= 11 is 0. The van der Waals surface area contributed by atoms with Gasteiger partial charge in [-0.1, -0.05) is 87.5 Å². The molecule has 7 nitrogen and oxygen atoms in total. The fraction of sp³-hybridized carbons (Fsp3) is 0.270. The van der Waals surface area contributed by atoms with Crippen LogP contribution >= 0.6 is 0 Å². The Balaban J connectivity index is 1.36. The van der Waals surface area contributed by atoms with Crippen LogP contribution in [0, 0.1) is 12.3 Å². The molecule has 0 saturated carbocycles. The summed E-state index contributed by atoms with van der Waals surface area (Å²) in [7, 11) is 0. The van der Waals surface area contributed by atoms with Crippen molar-refractivity contribution in [3.8, 4) is 5.75 Å². The summed E-state index contributed by atoms with van der Waals surface area (Å²) in [6, 6.07) is 30.2. The Labute approximate surface area is 259 Å². The summed E-state index contributed by atoms with van der Waals surface area (Å²) < 4.78 is 5.96. The van der Waals surface area contributed by atoms with Gasteiger partial charge in [-0.05, 0) is 60.9 Å². The smallest absolute Gasteiger partial charge is 0.326 e. The number of carbonyl (C=O) groups is 3. The molecule has 0 aliphatic heterocycles. The number of anilines is 2. The average Bonchev–Trinajstić information content (AvgIpc) is 3.01. The van der Waals surface area contributed by atoms with E-state index < -0.39 is 17.4 Å². The molecule has 0 heterocycles. The van der Waals surface area contributed by atoms with Crippen LogP contribution in [0.4, 0.5) is 11.4 Å². The molecule has 7 heteroatoms. The van der Waals surface area contributed by atoms with Gasteiger partial charge in [0.15, 0.2) is 5.78 Å². The number of carboxylic acids is 1. The summed E-state index contributed by atoms with van der Waals surface area (Å²) in [5.74, 6) is -0.475. The Morgan fingerprint density at radius 3 is 2.20 bits per heavy atom. The van der Waals surface area contributed by atoms with E-state index in [0.717, 1.165) is 16.8 Å². The molecular formula is C37H40N2O5. The molecule has 44 heavy (non-hydrogen) atoms. The highest BCUT2D eigenvalue weighted by molar-refractivity contribution is 6.12. The summed E-state index contributed by atoms with van der Waals surface area (Å²) in [5.41, 5.74) is 3.69. The third-order valence-corrected chi connectivity index (χ3v) is 7.19. The number of nitrogens with zero attached hydrogens (tertiary/aromatic N) is 1. The number of aliphatic carboxylic acids is 1. The number of aryl methyl sites for hydroxylation is 1. The van der Waals surface area contributed by atoms with E-state index in [9.17, 15) is 19.5 Å². The molecule has 0 spiro atoms. The number of ketones is 1. The number of carboxylic acid groups (broad SMARTS) is 1. The third-order valence-electron chi connectivity index (χ3n) is 7.19. The molecule has 4 rings (SSSR count). The number of rotatable bonds is 13. The van der Waals surface area contributed by atoms with E-state index in [4.69, 9.17) is 4.74 Å². The van der Waals surface area contributed by atoms with Gasteiger partial charge < -0.3 is 20.1 Å². The molecule has 2 N–H and O–H groups in total. The van der Waals surface area contributed by atoms with Crippen molar-refractivity contribution in [1.29, 1.82) is 0 Å². The van der Waals surface area contributed by atoms with E-state index in [0.29, 0.717) is 42.1 Å². The molecule has 228 valence electrons. The number of hydrogen-bond donors (Lipinski definition) is 2. The molecule has 0 saturated heterocycles. The molecule has 1 amide bonds. The molecule has 4 aromatic carbocycles. The molecule has 4 aromatic rings. The Morgan fingerprint density at radius 2 is 1.55 bits per heavy atom. The molecule has 0 fully saturated rings. The molecule has 0 unspecified atom stereocenters. The van der Waals surface area contributed by atoms with Crippen molar-refractivity contribution >= 4 is 29.0 Å². The van der Waals surface area contributed by atoms with Gasteiger partial charge in [-0.15, -0.1) is 0 Å². The van der Waals surface area contributed by atoms with Crippen molar-refractivity contribution in [2.75, 3.05) is 23.4 Å². The van der Waals surface area contributed by atoms with Gasteiger partial charge in [0.25, 0.3) is 0 Å². The van der Waals surface area contributed by atoms with Crippen LogP contribution in [0.15, 0.2) is 103 Å². The number of nitrogens with one attached hydrogen (secondary N) is 1. The SMILES string of the molecule is Cc1cccc(N(CCCOc2ccc(C[C@H](Nc3ccccc3C(=O)c3ccccc3)C(=O)O)cc2)C(=O)C(C)(C)C)c1. The van der Waals surface area contributed by atoms with Gasteiger partial charge in [0, 0.05) is 40.9 Å². The number of carbonyl (C=O) groups excluding carboxylic acids is 2. The topological polar surface area (TPSA) is 95.9 Å². The third kappa shape index (κ3) is 8.57. The minimum atomic E-state index is -1.02. The summed E-state index contributed by atoms with van der Waals surface area (Å²) in [6.07, 6.45) is 0.855. The molecule has 0 bridgehead atoms. The van der Waals surface area contributed by atoms with Crippen LogP contribution in [-0.4, -0.2) is 42.0 Å². The van der Waals surface area contributed by atoms with Crippen molar-refractivity contribution in [1.82, 2.24) is 0 Å². The van der Waals surface area contributed by atoms with Gasteiger partial charge in [-0.2, -0.15) is 0 Å². The van der Waals surface area contributed by atoms with Crippen LogP contribution < -0.4 is 15.0 Å². The fourth-order valence-corrected chi connectivity index (χ4v) is 4.86. The number of ether oxygens (including phenoxy) is 1. The number of amides is 1. The normalized spacial score (nSPS) is 11.8. The lowest BCUT2D eigenvalue weighted by atomic mass is 9.94. The van der Waals surface area contributed by atoms with Crippen LogP contribution in [0.3, 0.4) is 0 Å². The van der Waals surface area contributed by atoms with Crippen LogP contribution in [0.2, 0.25) is 0 Å². The Kier molecular flexibility index (Phi) is 10.6. The lowest BCUT2D eigenvalue weighted by Gasteiger charge is -2.30. The van der Waals surface area contributed by atoms with E-state index in [1.807, 2.05) is 87.2 Å². The maximum atomic E-state index is 13.2. The first-order valence-corrected chi connectivity index (χ1v) is 14.8.